The normalized spacial score (nSPS) is 17.1. The number of carbonyl (C=O) groups is 3. The molecule has 0 heterocycles. The summed E-state index contributed by atoms with van der Waals surface area (Å²) in [6, 6.07) is -0.593. The van der Waals surface area contributed by atoms with Gasteiger partial charge in [0.25, 0.3) is 5.91 Å². The van der Waals surface area contributed by atoms with Crippen LogP contribution in [0.1, 0.15) is 47.0 Å². The molecule has 0 unspecified atom stereocenters. The van der Waals surface area contributed by atoms with E-state index in [2.05, 4.69) is 10.6 Å². The predicted octanol–water partition coefficient (Wildman–Crippen LogP) is 1.34. The average Bonchev–Trinajstić information content (AvgIpc) is 2.10. The maximum absolute atomic E-state index is 11.7. The number of esters is 1. The number of urea groups is 1. The van der Waals surface area contributed by atoms with Gasteiger partial charge in [0.05, 0.1) is 5.92 Å². The molecule has 108 valence electrons. The van der Waals surface area contributed by atoms with E-state index in [0.717, 1.165) is 19.3 Å². The van der Waals surface area contributed by atoms with Crippen molar-refractivity contribution in [2.45, 2.75) is 58.6 Å². The molecule has 1 fully saturated rings. The van der Waals surface area contributed by atoms with Gasteiger partial charge in [-0.15, -0.1) is 0 Å². The zero-order valence-electron chi connectivity index (χ0n) is 11.9. The van der Waals surface area contributed by atoms with Crippen molar-refractivity contribution >= 4 is 17.9 Å². The first-order valence-electron chi connectivity index (χ1n) is 6.52. The lowest BCUT2D eigenvalue weighted by molar-refractivity contribution is -0.160. The molecular weight excluding hydrogens is 248 g/mol. The monoisotopic (exact) mass is 270 g/mol. The van der Waals surface area contributed by atoms with Crippen LogP contribution >= 0.6 is 0 Å². The first kappa shape index (κ1) is 15.5. The van der Waals surface area contributed by atoms with Crippen molar-refractivity contribution in [1.82, 2.24) is 10.6 Å². The fraction of sp³-hybridized carbons (Fsp3) is 0.769. The summed E-state index contributed by atoms with van der Waals surface area (Å²) in [7, 11) is 0. The molecule has 0 aliphatic heterocycles. The topological polar surface area (TPSA) is 84.5 Å². The van der Waals surface area contributed by atoms with Gasteiger partial charge < -0.3 is 10.1 Å². The number of amides is 3. The summed E-state index contributed by atoms with van der Waals surface area (Å²) in [5, 5.41) is 4.74. The van der Waals surface area contributed by atoms with Crippen molar-refractivity contribution in [2.75, 3.05) is 0 Å². The molecule has 0 aromatic rings. The Hall–Kier alpha value is -1.59. The molecule has 0 aromatic carbocycles. The molecule has 0 spiro atoms. The van der Waals surface area contributed by atoms with Crippen LogP contribution in [0.5, 0.6) is 0 Å². The Labute approximate surface area is 113 Å². The number of rotatable bonds is 3. The van der Waals surface area contributed by atoms with Gasteiger partial charge in [0, 0.05) is 5.54 Å². The maximum Gasteiger partial charge on any atom is 0.321 e. The van der Waals surface area contributed by atoms with Crippen LogP contribution in [0.3, 0.4) is 0 Å². The van der Waals surface area contributed by atoms with Gasteiger partial charge in [-0.3, -0.25) is 14.9 Å². The maximum atomic E-state index is 11.7. The largest absolute Gasteiger partial charge is 0.452 e. The number of hydrogen-bond acceptors (Lipinski definition) is 4. The lowest BCUT2D eigenvalue weighted by Crippen LogP contribution is -2.50. The van der Waals surface area contributed by atoms with Crippen molar-refractivity contribution in [1.29, 1.82) is 0 Å². The van der Waals surface area contributed by atoms with Gasteiger partial charge >= 0.3 is 12.0 Å². The first-order chi connectivity index (χ1) is 8.69. The number of imide groups is 1. The summed E-state index contributed by atoms with van der Waals surface area (Å²) in [5.74, 6) is -1.06. The van der Waals surface area contributed by atoms with Gasteiger partial charge in [-0.25, -0.2) is 4.79 Å². The molecule has 19 heavy (non-hydrogen) atoms. The van der Waals surface area contributed by atoms with Crippen molar-refractivity contribution in [3.63, 3.8) is 0 Å². The number of carbonyl (C=O) groups excluding carboxylic acids is 3. The minimum Gasteiger partial charge on any atom is -0.452 e. The van der Waals surface area contributed by atoms with Gasteiger partial charge in [-0.1, -0.05) is 6.42 Å². The van der Waals surface area contributed by atoms with Gasteiger partial charge in [0.15, 0.2) is 6.10 Å². The molecule has 0 saturated heterocycles. The van der Waals surface area contributed by atoms with Crippen molar-refractivity contribution in [3.8, 4) is 0 Å². The fourth-order valence-corrected chi connectivity index (χ4v) is 1.55. The molecule has 2 N–H and O–H groups in total. The molecule has 0 radical (unpaired) electrons. The molecule has 0 aromatic heterocycles. The van der Waals surface area contributed by atoms with E-state index in [1.54, 1.807) is 20.8 Å². The Bertz CT molecular complexity index is 369. The predicted molar refractivity (Wildman–Crippen MR) is 69.3 cm³/mol. The van der Waals surface area contributed by atoms with E-state index in [1.807, 2.05) is 0 Å². The second kappa shape index (κ2) is 6.04. The Kier molecular flexibility index (Phi) is 4.91. The average molecular weight is 270 g/mol. The van der Waals surface area contributed by atoms with Crippen LogP contribution in [-0.4, -0.2) is 29.6 Å². The molecule has 6 heteroatoms. The summed E-state index contributed by atoms with van der Waals surface area (Å²) in [4.78, 5) is 34.7. The zero-order valence-corrected chi connectivity index (χ0v) is 11.9. The highest BCUT2D eigenvalue weighted by Crippen LogP contribution is 2.27. The van der Waals surface area contributed by atoms with E-state index < -0.39 is 23.6 Å². The lowest BCUT2D eigenvalue weighted by atomic mass is 9.86. The summed E-state index contributed by atoms with van der Waals surface area (Å²) in [5.41, 5.74) is -0.434. The van der Waals surface area contributed by atoms with Gasteiger partial charge in [0.2, 0.25) is 0 Å². The fourth-order valence-electron chi connectivity index (χ4n) is 1.55. The van der Waals surface area contributed by atoms with Crippen LogP contribution in [0.25, 0.3) is 0 Å². The number of nitrogens with one attached hydrogen (secondary N) is 2. The third kappa shape index (κ3) is 5.28. The van der Waals surface area contributed by atoms with E-state index in [1.165, 1.54) is 6.92 Å². The summed E-state index contributed by atoms with van der Waals surface area (Å²) in [6.45, 7) is 6.86. The summed E-state index contributed by atoms with van der Waals surface area (Å²) in [6.07, 6.45) is 1.70. The second-order valence-electron chi connectivity index (χ2n) is 5.90. The van der Waals surface area contributed by atoms with Crippen LogP contribution < -0.4 is 10.6 Å². The van der Waals surface area contributed by atoms with E-state index >= 15 is 0 Å². The highest BCUT2D eigenvalue weighted by molar-refractivity contribution is 5.97. The van der Waals surface area contributed by atoms with E-state index in [9.17, 15) is 14.4 Å². The Morgan fingerprint density at radius 1 is 1.21 bits per heavy atom. The quantitative estimate of drug-likeness (QED) is 0.758. The van der Waals surface area contributed by atoms with Crippen molar-refractivity contribution in [2.24, 2.45) is 5.92 Å². The lowest BCUT2D eigenvalue weighted by Gasteiger charge is -2.25. The molecule has 0 bridgehead atoms. The summed E-state index contributed by atoms with van der Waals surface area (Å²) < 4.78 is 5.02. The van der Waals surface area contributed by atoms with Crippen LogP contribution in [0.4, 0.5) is 4.79 Å². The number of ether oxygens (including phenoxy) is 1. The highest BCUT2D eigenvalue weighted by Gasteiger charge is 2.30. The highest BCUT2D eigenvalue weighted by atomic mass is 16.5. The van der Waals surface area contributed by atoms with Gasteiger partial charge in [-0.05, 0) is 40.5 Å². The van der Waals surface area contributed by atoms with Crippen LogP contribution in [0.15, 0.2) is 0 Å². The molecule has 1 saturated carbocycles. The van der Waals surface area contributed by atoms with Crippen LogP contribution in [-0.2, 0) is 14.3 Å². The summed E-state index contributed by atoms with van der Waals surface area (Å²) >= 11 is 0. The third-order valence-electron chi connectivity index (χ3n) is 2.83. The SMILES string of the molecule is C[C@@H](OC(=O)C1CCC1)C(=O)NC(=O)NC(C)(C)C. The third-order valence-corrected chi connectivity index (χ3v) is 2.83. The minimum atomic E-state index is -0.959. The zero-order chi connectivity index (χ0) is 14.6. The van der Waals surface area contributed by atoms with Crippen molar-refractivity contribution < 1.29 is 19.1 Å². The molecule has 1 rings (SSSR count). The van der Waals surface area contributed by atoms with E-state index in [0.29, 0.717) is 0 Å². The molecule has 3 amide bonds. The van der Waals surface area contributed by atoms with Crippen LogP contribution in [0, 0.1) is 5.92 Å². The molecule has 1 atom stereocenters. The molecule has 1 aliphatic rings. The second-order valence-corrected chi connectivity index (χ2v) is 5.90. The van der Waals surface area contributed by atoms with Gasteiger partial charge in [0.1, 0.15) is 0 Å². The Morgan fingerprint density at radius 2 is 1.79 bits per heavy atom. The first-order valence-corrected chi connectivity index (χ1v) is 6.52. The number of hydrogen-bond donors (Lipinski definition) is 2. The molecular formula is C13H22N2O4. The van der Waals surface area contributed by atoms with E-state index in [-0.39, 0.29) is 11.9 Å². The van der Waals surface area contributed by atoms with Gasteiger partial charge in [-0.2, -0.15) is 0 Å². The van der Waals surface area contributed by atoms with E-state index in [4.69, 9.17) is 4.74 Å². The molecule has 1 aliphatic carbocycles. The van der Waals surface area contributed by atoms with Crippen molar-refractivity contribution in [3.05, 3.63) is 0 Å². The standard InChI is InChI=1S/C13H22N2O4/c1-8(19-11(17)9-6-5-7-9)10(16)14-12(18)15-13(2,3)4/h8-9H,5-7H2,1-4H3,(H2,14,15,16,18)/t8-/m1/s1. The molecule has 6 nitrogen and oxygen atoms in total. The smallest absolute Gasteiger partial charge is 0.321 e. The Morgan fingerprint density at radius 3 is 2.21 bits per heavy atom. The minimum absolute atomic E-state index is 0.0846. The Balaban J connectivity index is 2.35. The van der Waals surface area contributed by atoms with Crippen LogP contribution in [0.2, 0.25) is 0 Å².